The fourth-order valence-corrected chi connectivity index (χ4v) is 3.48. The van der Waals surface area contributed by atoms with Gasteiger partial charge in [-0.2, -0.15) is 0 Å². The summed E-state index contributed by atoms with van der Waals surface area (Å²) in [4.78, 5) is 15.6. The summed E-state index contributed by atoms with van der Waals surface area (Å²) in [6.07, 6.45) is 3.51. The van der Waals surface area contributed by atoms with Crippen LogP contribution in [0.25, 0.3) is 10.7 Å². The number of anilines is 3. The molecule has 0 atom stereocenters. The van der Waals surface area contributed by atoms with Crippen molar-refractivity contribution in [3.63, 3.8) is 0 Å². The van der Waals surface area contributed by atoms with Gasteiger partial charge in [-0.15, -0.1) is 11.3 Å². The number of nitrogens with zero attached hydrogens (tertiary/aromatic N) is 4. The van der Waals surface area contributed by atoms with Crippen molar-refractivity contribution in [1.29, 1.82) is 0 Å². The van der Waals surface area contributed by atoms with Gasteiger partial charge in [-0.25, -0.2) is 15.0 Å². The summed E-state index contributed by atoms with van der Waals surface area (Å²) in [6, 6.07) is 9.76. The normalized spacial score (nSPS) is 14.5. The molecule has 6 nitrogen and oxygen atoms in total. The van der Waals surface area contributed by atoms with Crippen LogP contribution >= 0.6 is 22.9 Å². The first-order valence-corrected chi connectivity index (χ1v) is 9.12. The second-order valence-electron chi connectivity index (χ2n) is 5.50. The predicted molar refractivity (Wildman–Crippen MR) is 101 cm³/mol. The molecule has 1 saturated heterocycles. The van der Waals surface area contributed by atoms with Crippen molar-refractivity contribution in [3.05, 3.63) is 47.1 Å². The molecule has 8 heteroatoms. The maximum Gasteiger partial charge on any atom is 0.143 e. The average Bonchev–Trinajstić information content (AvgIpc) is 3.10. The highest BCUT2D eigenvalue weighted by atomic mass is 35.5. The van der Waals surface area contributed by atoms with Crippen LogP contribution in [0.5, 0.6) is 0 Å². The first kappa shape index (κ1) is 16.3. The molecule has 1 fully saturated rings. The van der Waals surface area contributed by atoms with E-state index >= 15 is 0 Å². The molecule has 0 aromatic carbocycles. The fourth-order valence-electron chi connectivity index (χ4n) is 2.60. The largest absolute Gasteiger partial charge is 0.378 e. The van der Waals surface area contributed by atoms with Crippen molar-refractivity contribution in [2.75, 3.05) is 36.5 Å². The van der Waals surface area contributed by atoms with Crippen molar-refractivity contribution in [1.82, 2.24) is 15.0 Å². The minimum absolute atomic E-state index is 0.649. The first-order chi connectivity index (χ1) is 12.3. The van der Waals surface area contributed by atoms with Gasteiger partial charge in [0, 0.05) is 13.1 Å². The lowest BCUT2D eigenvalue weighted by atomic mass is 10.3. The lowest BCUT2D eigenvalue weighted by Gasteiger charge is -2.28. The fraction of sp³-hybridized carbons (Fsp3) is 0.235. The quantitative estimate of drug-likeness (QED) is 0.749. The van der Waals surface area contributed by atoms with Crippen molar-refractivity contribution >= 4 is 40.3 Å². The third kappa shape index (κ3) is 3.89. The molecule has 128 valence electrons. The van der Waals surface area contributed by atoms with Gasteiger partial charge in [0.05, 0.1) is 31.3 Å². The highest BCUT2D eigenvalue weighted by Crippen LogP contribution is 2.28. The molecule has 25 heavy (non-hydrogen) atoms. The second-order valence-corrected chi connectivity index (χ2v) is 7.17. The maximum atomic E-state index is 5.95. The van der Waals surface area contributed by atoms with E-state index in [9.17, 15) is 0 Å². The van der Waals surface area contributed by atoms with Crippen LogP contribution in [0.3, 0.4) is 0 Å². The minimum Gasteiger partial charge on any atom is -0.378 e. The maximum absolute atomic E-state index is 5.95. The van der Waals surface area contributed by atoms with Crippen LogP contribution in [-0.2, 0) is 4.74 Å². The molecular weight excluding hydrogens is 358 g/mol. The summed E-state index contributed by atoms with van der Waals surface area (Å²) < 4.78 is 6.03. The van der Waals surface area contributed by atoms with Gasteiger partial charge in [-0.05, 0) is 24.3 Å². The third-order valence-corrected chi connectivity index (χ3v) is 4.96. The number of nitrogens with one attached hydrogen (secondary N) is 1. The molecule has 0 bridgehead atoms. The SMILES string of the molecule is Clc1cnc(-c2cccc(Nc3ccc(N4CCOCC4)cn3)n2)s1. The molecule has 4 heterocycles. The van der Waals surface area contributed by atoms with Crippen LogP contribution < -0.4 is 10.2 Å². The monoisotopic (exact) mass is 373 g/mol. The lowest BCUT2D eigenvalue weighted by Crippen LogP contribution is -2.36. The topological polar surface area (TPSA) is 63.2 Å². The molecule has 0 radical (unpaired) electrons. The molecule has 0 amide bonds. The lowest BCUT2D eigenvalue weighted by molar-refractivity contribution is 0.122. The number of thiazole rings is 1. The molecular formula is C17H16ClN5OS. The Morgan fingerprint density at radius 2 is 1.92 bits per heavy atom. The summed E-state index contributed by atoms with van der Waals surface area (Å²) in [6.45, 7) is 3.32. The van der Waals surface area contributed by atoms with E-state index in [4.69, 9.17) is 16.3 Å². The smallest absolute Gasteiger partial charge is 0.143 e. The van der Waals surface area contributed by atoms with Crippen LogP contribution in [0, 0.1) is 0 Å². The Balaban J connectivity index is 1.48. The number of aromatic nitrogens is 3. The van der Waals surface area contributed by atoms with E-state index in [1.54, 1.807) is 6.20 Å². The molecule has 3 aromatic rings. The number of rotatable bonds is 4. The third-order valence-electron chi connectivity index (χ3n) is 3.83. The van der Waals surface area contributed by atoms with Gasteiger partial charge in [0.25, 0.3) is 0 Å². The van der Waals surface area contributed by atoms with Crippen LogP contribution in [0.15, 0.2) is 42.7 Å². The van der Waals surface area contributed by atoms with E-state index < -0.39 is 0 Å². The highest BCUT2D eigenvalue weighted by Gasteiger charge is 2.11. The number of hydrogen-bond acceptors (Lipinski definition) is 7. The van der Waals surface area contributed by atoms with Gasteiger partial charge in [0.1, 0.15) is 26.7 Å². The standard InChI is InChI=1S/C17H16ClN5OS/c18-14-11-20-17(25-14)13-2-1-3-16(21-13)22-15-5-4-12(10-19-15)23-6-8-24-9-7-23/h1-5,10-11H,6-9H2,(H,19,21,22). The van der Waals surface area contributed by atoms with E-state index in [2.05, 4.69) is 31.2 Å². The van der Waals surface area contributed by atoms with Crippen molar-refractivity contribution in [2.24, 2.45) is 0 Å². The Bertz CT molecular complexity index is 848. The number of ether oxygens (including phenoxy) is 1. The zero-order valence-electron chi connectivity index (χ0n) is 13.4. The second kappa shape index (κ2) is 7.35. The molecule has 1 aliphatic rings. The van der Waals surface area contributed by atoms with E-state index in [1.807, 2.05) is 30.5 Å². The summed E-state index contributed by atoms with van der Waals surface area (Å²) >= 11 is 7.36. The van der Waals surface area contributed by atoms with Crippen molar-refractivity contribution in [3.8, 4) is 10.7 Å². The van der Waals surface area contributed by atoms with Gasteiger partial charge < -0.3 is 15.0 Å². The zero-order valence-corrected chi connectivity index (χ0v) is 14.9. The first-order valence-electron chi connectivity index (χ1n) is 7.92. The Kier molecular flexibility index (Phi) is 4.78. The van der Waals surface area contributed by atoms with Gasteiger partial charge in [0.2, 0.25) is 0 Å². The van der Waals surface area contributed by atoms with Gasteiger partial charge in [0.15, 0.2) is 0 Å². The number of morpholine rings is 1. The Labute approximate surface area is 154 Å². The highest BCUT2D eigenvalue weighted by molar-refractivity contribution is 7.18. The summed E-state index contributed by atoms with van der Waals surface area (Å²) in [5.41, 5.74) is 1.89. The Morgan fingerprint density at radius 3 is 2.64 bits per heavy atom. The minimum atomic E-state index is 0.649. The van der Waals surface area contributed by atoms with Crippen LogP contribution in [0.4, 0.5) is 17.3 Å². The number of halogens is 1. The van der Waals surface area contributed by atoms with Crippen LogP contribution in [0.1, 0.15) is 0 Å². The molecule has 0 spiro atoms. The van der Waals surface area contributed by atoms with Crippen molar-refractivity contribution < 1.29 is 4.74 Å². The average molecular weight is 374 g/mol. The molecule has 1 aliphatic heterocycles. The molecule has 4 rings (SSSR count). The number of hydrogen-bond donors (Lipinski definition) is 1. The predicted octanol–water partition coefficient (Wildman–Crippen LogP) is 3.83. The van der Waals surface area contributed by atoms with Gasteiger partial charge in [-0.1, -0.05) is 17.7 Å². The summed E-state index contributed by atoms with van der Waals surface area (Å²) in [7, 11) is 0. The van der Waals surface area contributed by atoms with E-state index in [0.717, 1.165) is 54.3 Å². The summed E-state index contributed by atoms with van der Waals surface area (Å²) in [5, 5.41) is 4.03. The molecule has 0 saturated carbocycles. The van der Waals surface area contributed by atoms with Gasteiger partial charge >= 0.3 is 0 Å². The Hall–Kier alpha value is -2.22. The van der Waals surface area contributed by atoms with Crippen LogP contribution in [0.2, 0.25) is 4.34 Å². The molecule has 0 aliphatic carbocycles. The van der Waals surface area contributed by atoms with Crippen molar-refractivity contribution in [2.45, 2.75) is 0 Å². The molecule has 3 aromatic heterocycles. The van der Waals surface area contributed by atoms with E-state index in [1.165, 1.54) is 11.3 Å². The van der Waals surface area contributed by atoms with E-state index in [-0.39, 0.29) is 0 Å². The van der Waals surface area contributed by atoms with Crippen LogP contribution in [-0.4, -0.2) is 41.3 Å². The van der Waals surface area contributed by atoms with Gasteiger partial charge in [-0.3, -0.25) is 0 Å². The number of pyridine rings is 2. The van der Waals surface area contributed by atoms with E-state index in [0.29, 0.717) is 4.34 Å². The molecule has 1 N–H and O–H groups in total. The summed E-state index contributed by atoms with van der Waals surface area (Å²) in [5.74, 6) is 1.47. The Morgan fingerprint density at radius 1 is 1.04 bits per heavy atom. The zero-order chi connectivity index (χ0) is 17.1. The molecule has 0 unspecified atom stereocenters.